The van der Waals surface area contributed by atoms with E-state index in [-0.39, 0.29) is 11.8 Å². The molecule has 0 amide bonds. The van der Waals surface area contributed by atoms with Crippen molar-refractivity contribution in [3.05, 3.63) is 71.5 Å². The summed E-state index contributed by atoms with van der Waals surface area (Å²) in [4.78, 5) is 3.41. The van der Waals surface area contributed by atoms with Crippen molar-refractivity contribution in [2.45, 2.75) is 50.3 Å². The highest BCUT2D eigenvalue weighted by Gasteiger charge is 2.43. The topological polar surface area (TPSA) is 58.1 Å². The maximum atomic E-state index is 13.2. The molecule has 0 unspecified atom stereocenters. The van der Waals surface area contributed by atoms with Crippen LogP contribution in [0.15, 0.2) is 54.9 Å². The third kappa shape index (κ3) is 2.89. The second-order valence-corrected chi connectivity index (χ2v) is 12.1. The summed E-state index contributed by atoms with van der Waals surface area (Å²) in [6, 6.07) is 15.0. The van der Waals surface area contributed by atoms with Gasteiger partial charge in [-0.3, -0.25) is 0 Å². The smallest absolute Gasteiger partial charge is 0.216 e. The van der Waals surface area contributed by atoms with Gasteiger partial charge in [0.05, 0.1) is 10.8 Å². The number of rotatable bonds is 4. The van der Waals surface area contributed by atoms with Crippen LogP contribution in [0.5, 0.6) is 0 Å². The van der Waals surface area contributed by atoms with Crippen LogP contribution >= 0.6 is 0 Å². The zero-order chi connectivity index (χ0) is 22.0. The van der Waals surface area contributed by atoms with Gasteiger partial charge < -0.3 is 9.55 Å². The van der Waals surface area contributed by atoms with Crippen LogP contribution in [0.3, 0.4) is 0 Å². The average molecular weight is 448 g/mol. The Bertz CT molecular complexity index is 1430. The highest BCUT2D eigenvalue weighted by atomic mass is 32.2. The van der Waals surface area contributed by atoms with Crippen molar-refractivity contribution in [3.63, 3.8) is 0 Å². The summed E-state index contributed by atoms with van der Waals surface area (Å²) in [7, 11) is -3.33. The first-order valence-corrected chi connectivity index (χ1v) is 13.1. The van der Waals surface area contributed by atoms with Crippen molar-refractivity contribution >= 4 is 31.8 Å². The zero-order valence-corrected chi connectivity index (χ0v) is 19.4. The van der Waals surface area contributed by atoms with Gasteiger partial charge in [0, 0.05) is 60.2 Å². The van der Waals surface area contributed by atoms with Crippen molar-refractivity contribution in [2.24, 2.45) is 0 Å². The standard InChI is InChI=1S/C26H29N3O2S/c1-17(2)32(30,31)29-15-23(21-13-27-25-11-4-3-9-19(21)25)24(16-29)22-14-28-12-6-8-18-7-5-10-20(22)26(18)28/h3-5,7,9-11,13-14,17,23-24,27H,6,8,12,15-16H2,1-2H3/t23-,24-/m0/s1. The van der Waals surface area contributed by atoms with Crippen LogP contribution in [0.2, 0.25) is 0 Å². The third-order valence-corrected chi connectivity index (χ3v) is 9.73. The van der Waals surface area contributed by atoms with Crippen molar-refractivity contribution in [2.75, 3.05) is 13.1 Å². The molecular weight excluding hydrogens is 418 g/mol. The molecule has 0 aliphatic carbocycles. The minimum atomic E-state index is -3.33. The molecule has 4 heterocycles. The molecule has 2 atom stereocenters. The Morgan fingerprint density at radius 3 is 2.53 bits per heavy atom. The van der Waals surface area contributed by atoms with Crippen molar-refractivity contribution in [3.8, 4) is 0 Å². The van der Waals surface area contributed by atoms with Crippen molar-refractivity contribution in [1.82, 2.24) is 13.9 Å². The van der Waals surface area contributed by atoms with Crippen LogP contribution in [0.25, 0.3) is 21.8 Å². The van der Waals surface area contributed by atoms with Crippen LogP contribution in [0, 0.1) is 0 Å². The first-order valence-electron chi connectivity index (χ1n) is 11.6. The fourth-order valence-corrected chi connectivity index (χ4v) is 7.22. The van der Waals surface area contributed by atoms with Crippen molar-refractivity contribution in [1.29, 1.82) is 0 Å². The number of aromatic nitrogens is 2. The van der Waals surface area contributed by atoms with E-state index in [9.17, 15) is 8.42 Å². The Hall–Kier alpha value is -2.57. The number of hydrogen-bond donors (Lipinski definition) is 1. The quantitative estimate of drug-likeness (QED) is 0.479. The van der Waals surface area contributed by atoms with E-state index in [4.69, 9.17) is 0 Å². The number of sulfonamides is 1. The van der Waals surface area contributed by atoms with E-state index in [1.165, 1.54) is 33.0 Å². The number of para-hydroxylation sites is 2. The van der Waals surface area contributed by atoms with Crippen molar-refractivity contribution < 1.29 is 8.42 Å². The average Bonchev–Trinajstić information content (AvgIpc) is 3.50. The van der Waals surface area contributed by atoms with E-state index in [2.05, 4.69) is 58.3 Å². The molecule has 6 heteroatoms. The summed E-state index contributed by atoms with van der Waals surface area (Å²) in [6.45, 7) is 5.66. The Kier molecular flexibility index (Phi) is 4.53. The molecular formula is C26H29N3O2S. The van der Waals surface area contributed by atoms with Gasteiger partial charge in [0.2, 0.25) is 10.0 Å². The Morgan fingerprint density at radius 1 is 0.969 bits per heavy atom. The molecule has 1 N–H and O–H groups in total. The lowest BCUT2D eigenvalue weighted by Gasteiger charge is -2.19. The second-order valence-electron chi connectivity index (χ2n) is 9.61. The highest BCUT2D eigenvalue weighted by Crippen LogP contribution is 2.46. The minimum absolute atomic E-state index is 0.114. The van der Waals surface area contributed by atoms with Crippen LogP contribution in [-0.2, 0) is 23.0 Å². The number of H-pyrrole nitrogens is 1. The van der Waals surface area contributed by atoms with E-state index in [1.807, 2.05) is 6.07 Å². The molecule has 4 aromatic rings. The van der Waals surface area contributed by atoms with E-state index in [0.717, 1.165) is 24.9 Å². The molecule has 166 valence electrons. The first-order chi connectivity index (χ1) is 15.4. The Morgan fingerprint density at radius 2 is 1.72 bits per heavy atom. The normalized spacial score (nSPS) is 21.8. The summed E-state index contributed by atoms with van der Waals surface area (Å²) < 4.78 is 30.5. The molecule has 5 nitrogen and oxygen atoms in total. The summed E-state index contributed by atoms with van der Waals surface area (Å²) in [6.07, 6.45) is 6.68. The second kappa shape index (κ2) is 7.22. The summed E-state index contributed by atoms with van der Waals surface area (Å²) in [5.41, 5.74) is 6.37. The van der Waals surface area contributed by atoms with Crippen LogP contribution in [-0.4, -0.2) is 40.6 Å². The number of benzene rings is 2. The molecule has 32 heavy (non-hydrogen) atoms. The number of aromatic amines is 1. The highest BCUT2D eigenvalue weighted by molar-refractivity contribution is 7.89. The number of nitrogens with zero attached hydrogens (tertiary/aromatic N) is 2. The first kappa shape index (κ1) is 20.1. The third-order valence-electron chi connectivity index (χ3n) is 7.52. The molecule has 2 aromatic heterocycles. The molecule has 2 aliphatic heterocycles. The van der Waals surface area contributed by atoms with Gasteiger partial charge in [0.1, 0.15) is 0 Å². The van der Waals surface area contributed by atoms with Gasteiger partial charge in [-0.25, -0.2) is 12.7 Å². The van der Waals surface area contributed by atoms with Crippen LogP contribution < -0.4 is 0 Å². The summed E-state index contributed by atoms with van der Waals surface area (Å²) in [5.74, 6) is 0.239. The number of hydrogen-bond acceptors (Lipinski definition) is 2. The largest absolute Gasteiger partial charge is 0.361 e. The summed E-state index contributed by atoms with van der Waals surface area (Å²) >= 11 is 0. The number of fused-ring (bicyclic) bond motifs is 1. The van der Waals surface area contributed by atoms with E-state index in [1.54, 1.807) is 18.2 Å². The molecule has 0 spiro atoms. The number of aryl methyl sites for hydroxylation is 2. The Labute approximate surface area is 189 Å². The lowest BCUT2D eigenvalue weighted by atomic mass is 9.83. The zero-order valence-electron chi connectivity index (χ0n) is 18.6. The lowest BCUT2D eigenvalue weighted by molar-refractivity contribution is 0.463. The minimum Gasteiger partial charge on any atom is -0.361 e. The van der Waals surface area contributed by atoms with E-state index >= 15 is 0 Å². The lowest BCUT2D eigenvalue weighted by Crippen LogP contribution is -2.34. The fraction of sp³-hybridized carbons (Fsp3) is 0.385. The van der Waals surface area contributed by atoms with Gasteiger partial charge in [-0.15, -0.1) is 0 Å². The molecule has 0 saturated carbocycles. The molecule has 0 bridgehead atoms. The van der Waals surface area contributed by atoms with Gasteiger partial charge >= 0.3 is 0 Å². The van der Waals surface area contributed by atoms with E-state index < -0.39 is 15.3 Å². The van der Waals surface area contributed by atoms with Gasteiger partial charge in [0.15, 0.2) is 0 Å². The van der Waals surface area contributed by atoms with Gasteiger partial charge in [0.25, 0.3) is 0 Å². The maximum Gasteiger partial charge on any atom is 0.216 e. The Balaban J connectivity index is 1.53. The van der Waals surface area contributed by atoms with Gasteiger partial charge in [-0.2, -0.15) is 0 Å². The van der Waals surface area contributed by atoms with Gasteiger partial charge in [-0.05, 0) is 49.4 Å². The monoisotopic (exact) mass is 447 g/mol. The SMILES string of the molecule is CC(C)S(=O)(=O)N1C[C@@H](c2c[nH]c3ccccc23)[C@H](c2cn3c4c(cccc24)CCC3)C1. The molecule has 6 rings (SSSR count). The molecule has 1 saturated heterocycles. The van der Waals surface area contributed by atoms with Crippen LogP contribution in [0.1, 0.15) is 48.8 Å². The molecule has 2 aromatic carbocycles. The maximum absolute atomic E-state index is 13.2. The fourth-order valence-electron chi connectivity index (χ4n) is 5.88. The van der Waals surface area contributed by atoms with E-state index in [0.29, 0.717) is 13.1 Å². The summed E-state index contributed by atoms with van der Waals surface area (Å²) in [5, 5.41) is 2.07. The predicted molar refractivity (Wildman–Crippen MR) is 130 cm³/mol. The predicted octanol–water partition coefficient (Wildman–Crippen LogP) is 4.99. The molecule has 1 fully saturated rings. The van der Waals surface area contributed by atoms with Crippen LogP contribution in [0.4, 0.5) is 0 Å². The molecule has 0 radical (unpaired) electrons. The molecule has 2 aliphatic rings. The number of nitrogens with one attached hydrogen (secondary N) is 1. The van der Waals surface area contributed by atoms with Gasteiger partial charge in [-0.1, -0.05) is 36.4 Å².